The van der Waals surface area contributed by atoms with Crippen LogP contribution >= 0.6 is 0 Å². The topological polar surface area (TPSA) is 122 Å². The molecule has 24 heavy (non-hydrogen) atoms. The van der Waals surface area contributed by atoms with E-state index in [2.05, 4.69) is 9.82 Å². The second kappa shape index (κ2) is 7.75. The van der Waals surface area contributed by atoms with E-state index in [-0.39, 0.29) is 11.4 Å². The van der Waals surface area contributed by atoms with Gasteiger partial charge in [-0.1, -0.05) is 6.92 Å². The summed E-state index contributed by atoms with van der Waals surface area (Å²) < 4.78 is 28.9. The van der Waals surface area contributed by atoms with Gasteiger partial charge < -0.3 is 10.0 Å². The minimum absolute atomic E-state index is 0.0323. The normalized spacial score (nSPS) is 12.9. The van der Waals surface area contributed by atoms with Crippen molar-refractivity contribution in [3.8, 4) is 0 Å². The van der Waals surface area contributed by atoms with Crippen LogP contribution in [0.5, 0.6) is 0 Å². The number of carbonyl (C=O) groups excluding carboxylic acids is 1. The number of hydrogen-bond acceptors (Lipinski definition) is 5. The molecule has 1 amide bonds. The first-order chi connectivity index (χ1) is 11.0. The lowest BCUT2D eigenvalue weighted by atomic mass is 10.3. The number of rotatable bonds is 8. The highest BCUT2D eigenvalue weighted by Crippen LogP contribution is 2.18. The molecular weight excluding hydrogens is 336 g/mol. The molecule has 0 saturated carbocycles. The fraction of sp³-hybridized carbons (Fsp3) is 0.643. The lowest BCUT2D eigenvalue weighted by Crippen LogP contribution is -2.48. The number of sulfonamides is 1. The van der Waals surface area contributed by atoms with Crippen LogP contribution in [0.3, 0.4) is 0 Å². The zero-order valence-electron chi connectivity index (χ0n) is 14.5. The number of carbonyl (C=O) groups is 2. The quantitative estimate of drug-likeness (QED) is 0.674. The Kier molecular flexibility index (Phi) is 6.50. The molecule has 1 aromatic rings. The Bertz CT molecular complexity index is 726. The van der Waals surface area contributed by atoms with E-state index in [0.29, 0.717) is 17.8 Å². The minimum Gasteiger partial charge on any atom is -0.480 e. The number of nitrogens with one attached hydrogen (secondary N) is 1. The van der Waals surface area contributed by atoms with Crippen molar-refractivity contribution < 1.29 is 23.1 Å². The van der Waals surface area contributed by atoms with Crippen molar-refractivity contribution in [1.29, 1.82) is 0 Å². The molecule has 10 heteroatoms. The van der Waals surface area contributed by atoms with Gasteiger partial charge in [0.25, 0.3) is 0 Å². The molecule has 136 valence electrons. The molecule has 0 aromatic carbocycles. The van der Waals surface area contributed by atoms with Gasteiger partial charge in [0.1, 0.15) is 11.4 Å². The second-order valence-electron chi connectivity index (χ2n) is 5.62. The lowest BCUT2D eigenvalue weighted by molar-refractivity contribution is -0.145. The van der Waals surface area contributed by atoms with Crippen molar-refractivity contribution in [2.75, 3.05) is 13.1 Å². The molecule has 0 spiro atoms. The number of nitrogens with zero attached hydrogens (tertiary/aromatic N) is 3. The molecule has 1 heterocycles. The third-order valence-corrected chi connectivity index (χ3v) is 5.34. The highest BCUT2D eigenvalue weighted by molar-refractivity contribution is 7.89. The summed E-state index contributed by atoms with van der Waals surface area (Å²) in [4.78, 5) is 24.4. The largest absolute Gasteiger partial charge is 0.480 e. The summed E-state index contributed by atoms with van der Waals surface area (Å²) in [5.74, 6) is -1.73. The maximum absolute atomic E-state index is 12.6. The van der Waals surface area contributed by atoms with Gasteiger partial charge in [0.15, 0.2) is 0 Å². The van der Waals surface area contributed by atoms with Gasteiger partial charge in [-0.05, 0) is 27.2 Å². The van der Waals surface area contributed by atoms with E-state index in [1.807, 2.05) is 0 Å². The maximum atomic E-state index is 12.6. The van der Waals surface area contributed by atoms with Crippen molar-refractivity contribution in [3.05, 3.63) is 11.4 Å². The minimum atomic E-state index is -3.95. The summed E-state index contributed by atoms with van der Waals surface area (Å²) >= 11 is 0. The standard InChI is InChI=1S/C14H24N4O5S/c1-6-7-18(8-12(19)20)14(21)10(3)16-24(22,23)13-9(2)15-17(5)11(13)4/h10,16H,6-8H2,1-5H3,(H,19,20). The SMILES string of the molecule is CCCN(CC(=O)O)C(=O)C(C)NS(=O)(=O)c1c(C)nn(C)c1C. The molecule has 2 N–H and O–H groups in total. The Labute approximate surface area is 141 Å². The zero-order valence-corrected chi connectivity index (χ0v) is 15.3. The molecular formula is C14H24N4O5S. The van der Waals surface area contributed by atoms with Gasteiger partial charge in [-0.15, -0.1) is 0 Å². The summed E-state index contributed by atoms with van der Waals surface area (Å²) in [5.41, 5.74) is 0.786. The Hall–Kier alpha value is -1.94. The van der Waals surface area contributed by atoms with Crippen molar-refractivity contribution in [2.45, 2.75) is 45.1 Å². The molecule has 1 aromatic heterocycles. The van der Waals surface area contributed by atoms with E-state index in [1.165, 1.54) is 11.6 Å². The third-order valence-electron chi connectivity index (χ3n) is 3.55. The number of hydrogen-bond donors (Lipinski definition) is 2. The van der Waals surface area contributed by atoms with E-state index in [0.717, 1.165) is 4.90 Å². The Morgan fingerprint density at radius 2 is 1.96 bits per heavy atom. The number of carboxylic acid groups (broad SMARTS) is 1. The monoisotopic (exact) mass is 360 g/mol. The van der Waals surface area contributed by atoms with Gasteiger partial charge in [-0.2, -0.15) is 9.82 Å². The first-order valence-electron chi connectivity index (χ1n) is 7.54. The summed E-state index contributed by atoms with van der Waals surface area (Å²) in [6.45, 7) is 6.16. The highest BCUT2D eigenvalue weighted by atomic mass is 32.2. The van der Waals surface area contributed by atoms with Crippen LogP contribution in [0.25, 0.3) is 0 Å². The van der Waals surface area contributed by atoms with Crippen LogP contribution in [0.1, 0.15) is 31.7 Å². The third kappa shape index (κ3) is 4.54. The van der Waals surface area contributed by atoms with Gasteiger partial charge >= 0.3 is 5.97 Å². The predicted octanol–water partition coefficient (Wildman–Crippen LogP) is 0.0269. The maximum Gasteiger partial charge on any atom is 0.323 e. The second-order valence-corrected chi connectivity index (χ2v) is 7.27. The van der Waals surface area contributed by atoms with Gasteiger partial charge in [-0.3, -0.25) is 14.3 Å². The van der Waals surface area contributed by atoms with Crippen LogP contribution in [-0.4, -0.2) is 59.2 Å². The summed E-state index contributed by atoms with van der Waals surface area (Å²) in [6, 6.07) is -1.08. The van der Waals surface area contributed by atoms with Gasteiger partial charge in [0, 0.05) is 13.6 Å². The Morgan fingerprint density at radius 3 is 2.38 bits per heavy atom. The van der Waals surface area contributed by atoms with Crippen LogP contribution in [0.4, 0.5) is 0 Å². The van der Waals surface area contributed by atoms with Crippen molar-refractivity contribution in [1.82, 2.24) is 19.4 Å². The molecule has 0 fully saturated rings. The van der Waals surface area contributed by atoms with Crippen LogP contribution in [0.15, 0.2) is 4.90 Å². The number of carboxylic acids is 1. The van der Waals surface area contributed by atoms with E-state index in [4.69, 9.17) is 5.11 Å². The first kappa shape index (κ1) is 20.1. The van der Waals surface area contributed by atoms with Crippen molar-refractivity contribution >= 4 is 21.9 Å². The zero-order chi connectivity index (χ0) is 18.7. The molecule has 9 nitrogen and oxygen atoms in total. The van der Waals surface area contributed by atoms with Gasteiger partial charge in [0.2, 0.25) is 15.9 Å². The van der Waals surface area contributed by atoms with E-state index in [1.54, 1.807) is 27.8 Å². The average molecular weight is 360 g/mol. The lowest BCUT2D eigenvalue weighted by Gasteiger charge is -2.24. The van der Waals surface area contributed by atoms with E-state index < -0.39 is 34.5 Å². The fourth-order valence-corrected chi connectivity index (χ4v) is 4.09. The van der Waals surface area contributed by atoms with Crippen molar-refractivity contribution in [3.63, 3.8) is 0 Å². The smallest absolute Gasteiger partial charge is 0.323 e. The van der Waals surface area contributed by atoms with Gasteiger partial charge in [-0.25, -0.2) is 8.42 Å². The average Bonchev–Trinajstić information content (AvgIpc) is 2.70. The van der Waals surface area contributed by atoms with E-state index in [9.17, 15) is 18.0 Å². The van der Waals surface area contributed by atoms with E-state index >= 15 is 0 Å². The summed E-state index contributed by atoms with van der Waals surface area (Å²) in [5, 5.41) is 12.9. The Balaban J connectivity index is 3.01. The van der Waals surface area contributed by atoms with Crippen LogP contribution in [0, 0.1) is 13.8 Å². The molecule has 0 aliphatic rings. The number of aromatic nitrogens is 2. The molecule has 1 unspecified atom stereocenters. The number of aryl methyl sites for hydroxylation is 2. The van der Waals surface area contributed by atoms with Crippen LogP contribution in [-0.2, 0) is 26.7 Å². The van der Waals surface area contributed by atoms with Crippen LogP contribution < -0.4 is 4.72 Å². The molecule has 1 atom stereocenters. The molecule has 0 bridgehead atoms. The Morgan fingerprint density at radius 1 is 1.38 bits per heavy atom. The molecule has 0 radical (unpaired) electrons. The molecule has 0 saturated heterocycles. The molecule has 0 aliphatic heterocycles. The number of amides is 1. The molecule has 0 aliphatic carbocycles. The molecule has 1 rings (SSSR count). The summed E-state index contributed by atoms with van der Waals surface area (Å²) in [6.07, 6.45) is 0.569. The van der Waals surface area contributed by atoms with Crippen molar-refractivity contribution in [2.24, 2.45) is 7.05 Å². The predicted molar refractivity (Wildman–Crippen MR) is 87.0 cm³/mol. The fourth-order valence-electron chi connectivity index (χ4n) is 2.46. The first-order valence-corrected chi connectivity index (χ1v) is 9.02. The number of aliphatic carboxylic acids is 1. The summed E-state index contributed by atoms with van der Waals surface area (Å²) in [7, 11) is -2.32. The van der Waals surface area contributed by atoms with Gasteiger partial charge in [0.05, 0.1) is 17.4 Å². The van der Waals surface area contributed by atoms with Crippen LogP contribution in [0.2, 0.25) is 0 Å². The highest BCUT2D eigenvalue weighted by Gasteiger charge is 2.30.